The van der Waals surface area contributed by atoms with Crippen LogP contribution in [0.4, 0.5) is 18.9 Å². The number of aryl methyl sites for hydroxylation is 1. The maximum atomic E-state index is 12.8. The molecule has 1 rings (SSSR count). The van der Waals surface area contributed by atoms with Crippen LogP contribution in [0, 0.1) is 23.7 Å². The molecule has 1 aromatic rings. The average Bonchev–Trinajstić information content (AvgIpc) is 2.35. The van der Waals surface area contributed by atoms with Crippen molar-refractivity contribution < 1.29 is 13.2 Å². The minimum Gasteiger partial charge on any atom is -0.385 e. The van der Waals surface area contributed by atoms with Crippen molar-refractivity contribution in [2.75, 3.05) is 11.9 Å². The lowest BCUT2D eigenvalue weighted by Gasteiger charge is -2.16. The summed E-state index contributed by atoms with van der Waals surface area (Å²) < 4.78 is 38.3. The molecule has 0 bridgehead atoms. The van der Waals surface area contributed by atoms with Gasteiger partial charge in [-0.2, -0.15) is 18.4 Å². The summed E-state index contributed by atoms with van der Waals surface area (Å²) in [6, 6.07) is 6.43. The molecule has 0 aliphatic heterocycles. The molecule has 0 radical (unpaired) electrons. The lowest BCUT2D eigenvalue weighted by atomic mass is 9.90. The molecule has 0 atom stereocenters. The van der Waals surface area contributed by atoms with E-state index in [0.717, 1.165) is 12.5 Å². The van der Waals surface area contributed by atoms with Gasteiger partial charge >= 0.3 is 6.18 Å². The predicted octanol–water partition coefficient (Wildman–Crippen LogP) is 4.76. The van der Waals surface area contributed by atoms with Crippen LogP contribution in [0.15, 0.2) is 18.2 Å². The van der Waals surface area contributed by atoms with E-state index < -0.39 is 17.2 Å². The molecule has 0 spiro atoms. The standard InChI is InChI=1S/C15H19F3N2/c1-11-5-6-12(9-13(11)15(16,17)18)20-8-4-7-14(2,3)10-19/h5-6,9,20H,4,7-8H2,1-3H3. The van der Waals surface area contributed by atoms with Gasteiger partial charge in [-0.05, 0) is 51.3 Å². The Balaban J connectivity index is 2.60. The van der Waals surface area contributed by atoms with E-state index in [1.165, 1.54) is 13.0 Å². The fraction of sp³-hybridized carbons (Fsp3) is 0.533. The van der Waals surface area contributed by atoms with Crippen LogP contribution in [0.3, 0.4) is 0 Å². The Morgan fingerprint density at radius 2 is 1.90 bits per heavy atom. The van der Waals surface area contributed by atoms with E-state index in [4.69, 9.17) is 5.26 Å². The molecule has 0 saturated carbocycles. The van der Waals surface area contributed by atoms with Gasteiger partial charge in [-0.1, -0.05) is 6.07 Å². The fourth-order valence-electron chi connectivity index (χ4n) is 1.86. The smallest absolute Gasteiger partial charge is 0.385 e. The molecule has 20 heavy (non-hydrogen) atoms. The molecule has 0 heterocycles. The molecule has 0 saturated heterocycles. The number of benzene rings is 1. The number of hydrogen-bond donors (Lipinski definition) is 1. The Morgan fingerprint density at radius 1 is 1.25 bits per heavy atom. The largest absolute Gasteiger partial charge is 0.416 e. The van der Waals surface area contributed by atoms with Crippen molar-refractivity contribution in [1.29, 1.82) is 5.26 Å². The van der Waals surface area contributed by atoms with Crippen molar-refractivity contribution in [3.8, 4) is 6.07 Å². The molecule has 1 N–H and O–H groups in total. The molecule has 1 aromatic carbocycles. The highest BCUT2D eigenvalue weighted by molar-refractivity contribution is 5.49. The molecule has 2 nitrogen and oxygen atoms in total. The van der Waals surface area contributed by atoms with Gasteiger partial charge in [-0.25, -0.2) is 0 Å². The number of nitriles is 1. The Morgan fingerprint density at radius 3 is 2.45 bits per heavy atom. The number of halogens is 3. The van der Waals surface area contributed by atoms with E-state index >= 15 is 0 Å². The maximum absolute atomic E-state index is 12.8. The van der Waals surface area contributed by atoms with Crippen LogP contribution < -0.4 is 5.32 Å². The van der Waals surface area contributed by atoms with E-state index in [0.29, 0.717) is 18.7 Å². The molecule has 0 aliphatic carbocycles. The molecule has 0 unspecified atom stereocenters. The van der Waals surface area contributed by atoms with Gasteiger partial charge in [0.25, 0.3) is 0 Å². The van der Waals surface area contributed by atoms with Gasteiger partial charge in [0.2, 0.25) is 0 Å². The van der Waals surface area contributed by atoms with Gasteiger partial charge < -0.3 is 5.32 Å². The Hall–Kier alpha value is -1.70. The van der Waals surface area contributed by atoms with Gasteiger partial charge in [-0.3, -0.25) is 0 Å². The molecule has 5 heteroatoms. The van der Waals surface area contributed by atoms with Crippen LogP contribution in [-0.4, -0.2) is 6.54 Å². The topological polar surface area (TPSA) is 35.8 Å². The first-order chi connectivity index (χ1) is 9.15. The van der Waals surface area contributed by atoms with Gasteiger partial charge in [0.1, 0.15) is 0 Å². The molecule has 0 aromatic heterocycles. The fourth-order valence-corrected chi connectivity index (χ4v) is 1.86. The molecule has 0 aliphatic rings. The van der Waals surface area contributed by atoms with Gasteiger partial charge in [0.15, 0.2) is 0 Å². The molecular formula is C15H19F3N2. The second-order valence-electron chi connectivity index (χ2n) is 5.55. The zero-order valence-electron chi connectivity index (χ0n) is 11.9. The molecule has 0 fully saturated rings. The van der Waals surface area contributed by atoms with Crippen molar-refractivity contribution in [3.63, 3.8) is 0 Å². The highest BCUT2D eigenvalue weighted by Gasteiger charge is 2.32. The zero-order chi connectivity index (χ0) is 15.4. The highest BCUT2D eigenvalue weighted by Crippen LogP contribution is 2.33. The minimum absolute atomic E-state index is 0.216. The number of alkyl halides is 3. The summed E-state index contributed by atoms with van der Waals surface area (Å²) >= 11 is 0. The number of hydrogen-bond acceptors (Lipinski definition) is 2. The van der Waals surface area contributed by atoms with E-state index in [2.05, 4.69) is 11.4 Å². The van der Waals surface area contributed by atoms with Crippen LogP contribution in [0.5, 0.6) is 0 Å². The van der Waals surface area contributed by atoms with Crippen molar-refractivity contribution >= 4 is 5.69 Å². The number of rotatable bonds is 5. The van der Waals surface area contributed by atoms with Crippen molar-refractivity contribution in [2.24, 2.45) is 5.41 Å². The first kappa shape index (κ1) is 16.4. The van der Waals surface area contributed by atoms with E-state index in [1.807, 2.05) is 13.8 Å². The number of nitrogens with one attached hydrogen (secondary N) is 1. The van der Waals surface area contributed by atoms with Gasteiger partial charge in [0.05, 0.1) is 17.0 Å². The maximum Gasteiger partial charge on any atom is 0.416 e. The summed E-state index contributed by atoms with van der Waals surface area (Å²) in [4.78, 5) is 0. The second kappa shape index (κ2) is 6.17. The third-order valence-corrected chi connectivity index (χ3v) is 3.15. The van der Waals surface area contributed by atoms with E-state index in [9.17, 15) is 13.2 Å². The highest BCUT2D eigenvalue weighted by atomic mass is 19.4. The SMILES string of the molecule is Cc1ccc(NCCCC(C)(C)C#N)cc1C(F)(F)F. The van der Waals surface area contributed by atoms with E-state index in [1.54, 1.807) is 6.07 Å². The van der Waals surface area contributed by atoms with Crippen molar-refractivity contribution in [3.05, 3.63) is 29.3 Å². The van der Waals surface area contributed by atoms with Gasteiger partial charge in [0, 0.05) is 12.2 Å². The molecular weight excluding hydrogens is 265 g/mol. The lowest BCUT2D eigenvalue weighted by molar-refractivity contribution is -0.138. The summed E-state index contributed by atoms with van der Waals surface area (Å²) in [5, 5.41) is 11.8. The number of anilines is 1. The monoisotopic (exact) mass is 284 g/mol. The lowest BCUT2D eigenvalue weighted by Crippen LogP contribution is -2.12. The third-order valence-electron chi connectivity index (χ3n) is 3.15. The predicted molar refractivity (Wildman–Crippen MR) is 73.3 cm³/mol. The van der Waals surface area contributed by atoms with Gasteiger partial charge in [-0.15, -0.1) is 0 Å². The average molecular weight is 284 g/mol. The van der Waals surface area contributed by atoms with Crippen LogP contribution in [0.2, 0.25) is 0 Å². The van der Waals surface area contributed by atoms with Crippen LogP contribution >= 0.6 is 0 Å². The van der Waals surface area contributed by atoms with E-state index in [-0.39, 0.29) is 5.56 Å². The van der Waals surface area contributed by atoms with Crippen molar-refractivity contribution in [2.45, 2.75) is 39.8 Å². The molecule has 110 valence electrons. The first-order valence-electron chi connectivity index (χ1n) is 6.49. The summed E-state index contributed by atoms with van der Waals surface area (Å²) in [6.07, 6.45) is -2.89. The second-order valence-corrected chi connectivity index (χ2v) is 5.55. The summed E-state index contributed by atoms with van der Waals surface area (Å²) in [5.74, 6) is 0. The molecule has 0 amide bonds. The summed E-state index contributed by atoms with van der Waals surface area (Å²) in [7, 11) is 0. The van der Waals surface area contributed by atoms with Crippen LogP contribution in [0.25, 0.3) is 0 Å². The Labute approximate surface area is 117 Å². The summed E-state index contributed by atoms with van der Waals surface area (Å²) in [6.45, 7) is 5.69. The number of nitrogens with zero attached hydrogens (tertiary/aromatic N) is 1. The zero-order valence-corrected chi connectivity index (χ0v) is 11.9. The Bertz CT molecular complexity index is 499. The van der Waals surface area contributed by atoms with Crippen LogP contribution in [-0.2, 0) is 6.18 Å². The summed E-state index contributed by atoms with van der Waals surface area (Å²) in [5.41, 5.74) is -0.335. The minimum atomic E-state index is -4.33. The van der Waals surface area contributed by atoms with Crippen molar-refractivity contribution in [1.82, 2.24) is 0 Å². The quantitative estimate of drug-likeness (QED) is 0.791. The Kier molecular flexibility index (Phi) is 5.04. The van der Waals surface area contributed by atoms with Crippen LogP contribution in [0.1, 0.15) is 37.8 Å². The first-order valence-corrected chi connectivity index (χ1v) is 6.49. The normalized spacial score (nSPS) is 12.1. The third kappa shape index (κ3) is 4.76.